The van der Waals surface area contributed by atoms with Gasteiger partial charge in [-0.05, 0) is 17.5 Å². The van der Waals surface area contributed by atoms with Gasteiger partial charge in [0.25, 0.3) is 0 Å². The molecule has 0 aliphatic carbocycles. The van der Waals surface area contributed by atoms with E-state index in [0.29, 0.717) is 0 Å². The molecule has 0 spiro atoms. The van der Waals surface area contributed by atoms with Gasteiger partial charge < -0.3 is 9.67 Å². The third-order valence-electron chi connectivity index (χ3n) is 3.04. The summed E-state index contributed by atoms with van der Waals surface area (Å²) < 4.78 is 1.96. The summed E-state index contributed by atoms with van der Waals surface area (Å²) >= 11 is 0. The lowest BCUT2D eigenvalue weighted by molar-refractivity contribution is 0.0697. The quantitative estimate of drug-likeness (QED) is 0.933. The maximum absolute atomic E-state index is 10.8. The Balaban J connectivity index is 2.32. The van der Waals surface area contributed by atoms with Gasteiger partial charge in [0.15, 0.2) is 5.82 Å². The molecule has 1 heterocycles. The molecule has 1 aromatic carbocycles. The van der Waals surface area contributed by atoms with Crippen LogP contribution in [0.15, 0.2) is 24.3 Å². The lowest BCUT2D eigenvalue weighted by Gasteiger charge is -2.17. The number of benzene rings is 1. The molecule has 0 saturated carbocycles. The molecule has 5 nitrogen and oxygen atoms in total. The fraction of sp³-hybridized carbons (Fsp3) is 0.400. The number of aromatic nitrogens is 3. The Morgan fingerprint density at radius 3 is 2.30 bits per heavy atom. The van der Waals surface area contributed by atoms with Crippen LogP contribution in [0.2, 0.25) is 0 Å². The molecular formula is C15H19N3O2. The predicted octanol–water partition coefficient (Wildman–Crippen LogP) is 2.77. The lowest BCUT2D eigenvalue weighted by atomic mass is 9.92. The molecule has 0 aliphatic rings. The smallest absolute Gasteiger partial charge is 0.335 e. The van der Waals surface area contributed by atoms with Crippen molar-refractivity contribution in [2.75, 3.05) is 0 Å². The summed E-state index contributed by atoms with van der Waals surface area (Å²) in [6, 6.07) is 6.67. The van der Waals surface area contributed by atoms with Gasteiger partial charge in [-0.1, -0.05) is 32.9 Å². The molecule has 106 valence electrons. The average Bonchev–Trinajstić information content (AvgIpc) is 2.69. The SMILES string of the molecule is Cn1c(CC(C)(C)C)nnc1-c1ccc(C(=O)O)cc1. The van der Waals surface area contributed by atoms with Crippen LogP contribution in [0.5, 0.6) is 0 Å². The summed E-state index contributed by atoms with van der Waals surface area (Å²) in [5.74, 6) is 0.749. The number of aromatic carboxylic acids is 1. The van der Waals surface area contributed by atoms with E-state index in [9.17, 15) is 4.79 Å². The first-order valence-corrected chi connectivity index (χ1v) is 6.50. The Hall–Kier alpha value is -2.17. The van der Waals surface area contributed by atoms with E-state index in [1.54, 1.807) is 24.3 Å². The summed E-state index contributed by atoms with van der Waals surface area (Å²) in [6.45, 7) is 6.47. The van der Waals surface area contributed by atoms with Gasteiger partial charge in [0.2, 0.25) is 0 Å². The van der Waals surface area contributed by atoms with Crippen LogP contribution in [0.4, 0.5) is 0 Å². The standard InChI is InChI=1S/C15H19N3O2/c1-15(2,3)9-12-16-17-13(18(12)4)10-5-7-11(8-6-10)14(19)20/h5-8H,9H2,1-4H3,(H,19,20). The molecule has 1 N–H and O–H groups in total. The zero-order valence-corrected chi connectivity index (χ0v) is 12.2. The van der Waals surface area contributed by atoms with Crippen molar-refractivity contribution in [2.24, 2.45) is 12.5 Å². The number of hydrogen-bond donors (Lipinski definition) is 1. The molecule has 0 radical (unpaired) electrons. The van der Waals surface area contributed by atoms with Gasteiger partial charge in [0.1, 0.15) is 5.82 Å². The zero-order chi connectivity index (χ0) is 14.9. The summed E-state index contributed by atoms with van der Waals surface area (Å²) in [4.78, 5) is 10.8. The number of carboxylic acid groups (broad SMARTS) is 1. The van der Waals surface area contributed by atoms with Crippen LogP contribution in [0.1, 0.15) is 37.0 Å². The first-order valence-electron chi connectivity index (χ1n) is 6.50. The fourth-order valence-electron chi connectivity index (χ4n) is 2.00. The van der Waals surface area contributed by atoms with Gasteiger partial charge in [-0.15, -0.1) is 10.2 Å². The van der Waals surface area contributed by atoms with E-state index in [1.165, 1.54) is 0 Å². The minimum Gasteiger partial charge on any atom is -0.478 e. The molecule has 2 aromatic rings. The minimum absolute atomic E-state index is 0.144. The predicted molar refractivity (Wildman–Crippen MR) is 76.6 cm³/mol. The highest BCUT2D eigenvalue weighted by Gasteiger charge is 2.18. The van der Waals surface area contributed by atoms with Crippen molar-refractivity contribution in [3.8, 4) is 11.4 Å². The minimum atomic E-state index is -0.928. The molecule has 0 unspecified atom stereocenters. The van der Waals surface area contributed by atoms with E-state index in [4.69, 9.17) is 5.11 Å². The van der Waals surface area contributed by atoms with E-state index in [2.05, 4.69) is 31.0 Å². The summed E-state index contributed by atoms with van der Waals surface area (Å²) in [6.07, 6.45) is 0.837. The molecule has 5 heteroatoms. The molecule has 0 amide bonds. The highest BCUT2D eigenvalue weighted by atomic mass is 16.4. The number of rotatable bonds is 3. The molecule has 1 aromatic heterocycles. The summed E-state index contributed by atoms with van der Waals surface area (Å²) in [5, 5.41) is 17.3. The highest BCUT2D eigenvalue weighted by molar-refractivity contribution is 5.88. The van der Waals surface area contributed by atoms with Gasteiger partial charge >= 0.3 is 5.97 Å². The van der Waals surface area contributed by atoms with Crippen molar-refractivity contribution < 1.29 is 9.90 Å². The third kappa shape index (κ3) is 3.04. The number of hydrogen-bond acceptors (Lipinski definition) is 3. The summed E-state index contributed by atoms with van der Waals surface area (Å²) in [5.41, 5.74) is 1.28. The van der Waals surface area contributed by atoms with E-state index < -0.39 is 5.97 Å². The van der Waals surface area contributed by atoms with Crippen LogP contribution in [-0.4, -0.2) is 25.8 Å². The van der Waals surface area contributed by atoms with Crippen molar-refractivity contribution in [1.82, 2.24) is 14.8 Å². The molecule has 0 atom stereocenters. The zero-order valence-electron chi connectivity index (χ0n) is 12.2. The average molecular weight is 273 g/mol. The lowest BCUT2D eigenvalue weighted by Crippen LogP contribution is -2.13. The molecule has 20 heavy (non-hydrogen) atoms. The van der Waals surface area contributed by atoms with Crippen LogP contribution in [0.3, 0.4) is 0 Å². The summed E-state index contributed by atoms with van der Waals surface area (Å²) in [7, 11) is 1.93. The van der Waals surface area contributed by atoms with E-state index >= 15 is 0 Å². The van der Waals surface area contributed by atoms with Crippen LogP contribution in [0.25, 0.3) is 11.4 Å². The molecular weight excluding hydrogens is 254 g/mol. The van der Waals surface area contributed by atoms with Crippen molar-refractivity contribution in [2.45, 2.75) is 27.2 Å². The molecule has 2 rings (SSSR count). The van der Waals surface area contributed by atoms with Crippen molar-refractivity contribution in [3.63, 3.8) is 0 Å². The second kappa shape index (κ2) is 5.07. The Morgan fingerprint density at radius 1 is 1.20 bits per heavy atom. The van der Waals surface area contributed by atoms with Gasteiger partial charge in [0, 0.05) is 19.0 Å². The van der Waals surface area contributed by atoms with Gasteiger partial charge in [-0.2, -0.15) is 0 Å². The van der Waals surface area contributed by atoms with Crippen molar-refractivity contribution in [3.05, 3.63) is 35.7 Å². The normalized spacial score (nSPS) is 11.6. The second-order valence-electron chi connectivity index (χ2n) is 6.12. The van der Waals surface area contributed by atoms with Crippen LogP contribution in [-0.2, 0) is 13.5 Å². The maximum atomic E-state index is 10.8. The van der Waals surface area contributed by atoms with Gasteiger partial charge in [-0.25, -0.2) is 4.79 Å². The van der Waals surface area contributed by atoms with Crippen molar-refractivity contribution in [1.29, 1.82) is 0 Å². The number of carboxylic acids is 1. The highest BCUT2D eigenvalue weighted by Crippen LogP contribution is 2.23. The Kier molecular flexibility index (Phi) is 3.61. The van der Waals surface area contributed by atoms with Gasteiger partial charge in [0.05, 0.1) is 5.56 Å². The van der Waals surface area contributed by atoms with Crippen molar-refractivity contribution >= 4 is 5.97 Å². The third-order valence-corrected chi connectivity index (χ3v) is 3.04. The first-order chi connectivity index (χ1) is 9.28. The molecule has 0 fully saturated rings. The Morgan fingerprint density at radius 2 is 1.80 bits per heavy atom. The molecule has 0 saturated heterocycles. The fourth-order valence-corrected chi connectivity index (χ4v) is 2.00. The Bertz CT molecular complexity index is 622. The van der Waals surface area contributed by atoms with Crippen LogP contribution >= 0.6 is 0 Å². The monoisotopic (exact) mass is 273 g/mol. The van der Waals surface area contributed by atoms with Crippen LogP contribution < -0.4 is 0 Å². The maximum Gasteiger partial charge on any atom is 0.335 e. The molecule has 0 aliphatic heterocycles. The van der Waals surface area contributed by atoms with E-state index in [-0.39, 0.29) is 11.0 Å². The number of nitrogens with zero attached hydrogens (tertiary/aromatic N) is 3. The van der Waals surface area contributed by atoms with E-state index in [1.807, 2.05) is 11.6 Å². The Labute approximate surface area is 118 Å². The van der Waals surface area contributed by atoms with Crippen LogP contribution in [0, 0.1) is 5.41 Å². The van der Waals surface area contributed by atoms with E-state index in [0.717, 1.165) is 23.6 Å². The van der Waals surface area contributed by atoms with Gasteiger partial charge in [-0.3, -0.25) is 0 Å². The topological polar surface area (TPSA) is 68.0 Å². The number of carbonyl (C=O) groups is 1. The largest absolute Gasteiger partial charge is 0.478 e. The second-order valence-corrected chi connectivity index (χ2v) is 6.12. The first kappa shape index (κ1) is 14.2. The molecule has 0 bridgehead atoms.